The molecule has 1 aromatic rings. The highest BCUT2D eigenvalue weighted by molar-refractivity contribution is 5.81. The van der Waals surface area contributed by atoms with E-state index in [2.05, 4.69) is 0 Å². The third-order valence-corrected chi connectivity index (χ3v) is 2.86. The standard InChI is InChI=1S/C12H10O3/c1-2-7-8-5-3-4-6-9(8)11-10(7)14-12(13)15-11/h3-6,11H,2H2,1H3. The first-order valence-electron chi connectivity index (χ1n) is 5.02. The van der Waals surface area contributed by atoms with E-state index in [1.165, 1.54) is 0 Å². The first kappa shape index (κ1) is 8.53. The van der Waals surface area contributed by atoms with Crippen LogP contribution in [0.3, 0.4) is 0 Å². The van der Waals surface area contributed by atoms with Crippen LogP contribution in [0.25, 0.3) is 5.57 Å². The molecule has 0 aromatic heterocycles. The van der Waals surface area contributed by atoms with E-state index >= 15 is 0 Å². The summed E-state index contributed by atoms with van der Waals surface area (Å²) in [5.74, 6) is 0.684. The number of allylic oxidation sites excluding steroid dienone is 1. The third kappa shape index (κ3) is 1.03. The molecule has 0 radical (unpaired) electrons. The lowest BCUT2D eigenvalue weighted by Crippen LogP contribution is -1.97. The van der Waals surface area contributed by atoms with Gasteiger partial charge in [-0.3, -0.25) is 0 Å². The molecule has 3 rings (SSSR count). The molecule has 0 N–H and O–H groups in total. The molecular formula is C12H10O3. The predicted molar refractivity (Wildman–Crippen MR) is 54.0 cm³/mol. The summed E-state index contributed by atoms with van der Waals surface area (Å²) >= 11 is 0. The Morgan fingerprint density at radius 2 is 2.13 bits per heavy atom. The molecule has 1 saturated heterocycles. The SMILES string of the molecule is CCC1=C2OC(=O)OC2c2ccccc21. The monoisotopic (exact) mass is 202 g/mol. The van der Waals surface area contributed by atoms with Crippen LogP contribution < -0.4 is 0 Å². The lowest BCUT2D eigenvalue weighted by atomic mass is 10.0. The van der Waals surface area contributed by atoms with E-state index < -0.39 is 6.16 Å². The second-order valence-electron chi connectivity index (χ2n) is 3.63. The Labute approximate surface area is 87.3 Å². The second-order valence-corrected chi connectivity index (χ2v) is 3.63. The molecule has 1 heterocycles. The van der Waals surface area contributed by atoms with Gasteiger partial charge in [0.2, 0.25) is 0 Å². The topological polar surface area (TPSA) is 35.5 Å². The van der Waals surface area contributed by atoms with E-state index in [9.17, 15) is 4.79 Å². The van der Waals surface area contributed by atoms with Crippen molar-refractivity contribution in [2.75, 3.05) is 0 Å². The van der Waals surface area contributed by atoms with E-state index in [1.54, 1.807) is 0 Å². The fourth-order valence-corrected chi connectivity index (χ4v) is 2.24. The molecule has 2 aliphatic rings. The van der Waals surface area contributed by atoms with Gasteiger partial charge in [-0.2, -0.15) is 0 Å². The van der Waals surface area contributed by atoms with Crippen LogP contribution in [0, 0.1) is 0 Å². The molecule has 1 atom stereocenters. The number of fused-ring (bicyclic) bond motifs is 3. The molecule has 0 amide bonds. The van der Waals surface area contributed by atoms with Crippen molar-refractivity contribution >= 4 is 11.7 Å². The van der Waals surface area contributed by atoms with Crippen molar-refractivity contribution in [2.45, 2.75) is 19.4 Å². The van der Waals surface area contributed by atoms with Crippen LogP contribution in [0.5, 0.6) is 0 Å². The van der Waals surface area contributed by atoms with Gasteiger partial charge in [0.1, 0.15) is 0 Å². The summed E-state index contributed by atoms with van der Waals surface area (Å²) in [5.41, 5.74) is 3.27. The highest BCUT2D eigenvalue weighted by Gasteiger charge is 2.41. The van der Waals surface area contributed by atoms with Crippen molar-refractivity contribution in [3.63, 3.8) is 0 Å². The first-order valence-corrected chi connectivity index (χ1v) is 5.02. The predicted octanol–water partition coefficient (Wildman–Crippen LogP) is 3.03. The minimum absolute atomic E-state index is 0.302. The Hall–Kier alpha value is -1.77. The van der Waals surface area contributed by atoms with Crippen LogP contribution in [-0.2, 0) is 9.47 Å². The largest absolute Gasteiger partial charge is 0.514 e. The van der Waals surface area contributed by atoms with Crippen LogP contribution in [0.2, 0.25) is 0 Å². The zero-order valence-corrected chi connectivity index (χ0v) is 8.32. The Balaban J connectivity index is 2.20. The average molecular weight is 202 g/mol. The summed E-state index contributed by atoms with van der Waals surface area (Å²) < 4.78 is 10.2. The quantitative estimate of drug-likeness (QED) is 0.656. The number of ether oxygens (including phenoxy) is 2. The van der Waals surface area contributed by atoms with Crippen LogP contribution in [0.4, 0.5) is 4.79 Å². The number of carbonyl (C=O) groups is 1. The first-order chi connectivity index (χ1) is 7.31. The van der Waals surface area contributed by atoms with Crippen molar-refractivity contribution in [2.24, 2.45) is 0 Å². The summed E-state index contributed by atoms with van der Waals surface area (Å²) in [4.78, 5) is 11.0. The normalized spacial score (nSPS) is 22.2. The van der Waals surface area contributed by atoms with Crippen LogP contribution in [-0.4, -0.2) is 6.16 Å². The van der Waals surface area contributed by atoms with Gasteiger partial charge >= 0.3 is 6.16 Å². The number of hydrogen-bond donors (Lipinski definition) is 0. The highest BCUT2D eigenvalue weighted by Crippen LogP contribution is 2.47. The molecule has 1 unspecified atom stereocenters. The van der Waals surface area contributed by atoms with E-state index in [0.717, 1.165) is 23.1 Å². The lowest BCUT2D eigenvalue weighted by Gasteiger charge is -2.04. The number of benzene rings is 1. The second kappa shape index (κ2) is 2.86. The van der Waals surface area contributed by atoms with Crippen LogP contribution in [0.1, 0.15) is 30.6 Å². The average Bonchev–Trinajstić information content (AvgIpc) is 2.73. The highest BCUT2D eigenvalue weighted by atomic mass is 16.8. The third-order valence-electron chi connectivity index (χ3n) is 2.86. The van der Waals surface area contributed by atoms with Gasteiger partial charge in [0, 0.05) is 11.1 Å². The summed E-state index contributed by atoms with van der Waals surface area (Å²) in [6.45, 7) is 2.05. The Morgan fingerprint density at radius 3 is 2.93 bits per heavy atom. The van der Waals surface area contributed by atoms with Gasteiger partial charge in [-0.15, -0.1) is 0 Å². The molecule has 1 aliphatic heterocycles. The van der Waals surface area contributed by atoms with Crippen LogP contribution >= 0.6 is 0 Å². The molecule has 15 heavy (non-hydrogen) atoms. The maximum atomic E-state index is 11.0. The maximum absolute atomic E-state index is 11.0. The minimum atomic E-state index is -0.588. The number of hydrogen-bond acceptors (Lipinski definition) is 3. The van der Waals surface area contributed by atoms with Gasteiger partial charge in [0.25, 0.3) is 0 Å². The smallest absolute Gasteiger partial charge is 0.417 e. The van der Waals surface area contributed by atoms with Crippen LogP contribution in [0.15, 0.2) is 30.0 Å². The van der Waals surface area contributed by atoms with E-state index in [0.29, 0.717) is 5.76 Å². The van der Waals surface area contributed by atoms with Gasteiger partial charge in [-0.25, -0.2) is 4.79 Å². The van der Waals surface area contributed by atoms with E-state index in [4.69, 9.17) is 9.47 Å². The zero-order valence-electron chi connectivity index (χ0n) is 8.32. The molecule has 1 aromatic carbocycles. The molecule has 0 saturated carbocycles. The maximum Gasteiger partial charge on any atom is 0.514 e. The van der Waals surface area contributed by atoms with Gasteiger partial charge in [0.15, 0.2) is 11.9 Å². The molecular weight excluding hydrogens is 192 g/mol. The van der Waals surface area contributed by atoms with Crippen molar-refractivity contribution in [3.05, 3.63) is 41.2 Å². The molecule has 76 valence electrons. The molecule has 0 bridgehead atoms. The molecule has 1 aliphatic carbocycles. The molecule has 1 fully saturated rings. The molecule has 3 heteroatoms. The van der Waals surface area contributed by atoms with Crippen molar-refractivity contribution in [1.82, 2.24) is 0 Å². The van der Waals surface area contributed by atoms with Gasteiger partial charge in [0.05, 0.1) is 0 Å². The number of carbonyl (C=O) groups excluding carboxylic acids is 1. The van der Waals surface area contributed by atoms with Crippen molar-refractivity contribution in [3.8, 4) is 0 Å². The Kier molecular flexibility index (Phi) is 1.63. The minimum Gasteiger partial charge on any atom is -0.417 e. The summed E-state index contributed by atoms with van der Waals surface area (Å²) in [5, 5.41) is 0. The molecule has 0 spiro atoms. The summed E-state index contributed by atoms with van der Waals surface area (Å²) in [6, 6.07) is 7.94. The van der Waals surface area contributed by atoms with E-state index in [1.807, 2.05) is 31.2 Å². The zero-order chi connectivity index (χ0) is 10.4. The Bertz CT molecular complexity index is 474. The van der Waals surface area contributed by atoms with Crippen molar-refractivity contribution in [1.29, 1.82) is 0 Å². The van der Waals surface area contributed by atoms with E-state index in [-0.39, 0.29) is 6.10 Å². The number of rotatable bonds is 1. The summed E-state index contributed by atoms with van der Waals surface area (Å²) in [7, 11) is 0. The summed E-state index contributed by atoms with van der Waals surface area (Å²) in [6.07, 6.45) is -0.0430. The van der Waals surface area contributed by atoms with Gasteiger partial charge in [-0.05, 0) is 12.0 Å². The molecule has 3 nitrogen and oxygen atoms in total. The Morgan fingerprint density at radius 1 is 1.33 bits per heavy atom. The fourth-order valence-electron chi connectivity index (χ4n) is 2.24. The fraction of sp³-hybridized carbons (Fsp3) is 0.250. The van der Waals surface area contributed by atoms with Crippen molar-refractivity contribution < 1.29 is 14.3 Å². The van der Waals surface area contributed by atoms with Gasteiger partial charge < -0.3 is 9.47 Å². The van der Waals surface area contributed by atoms with Gasteiger partial charge in [-0.1, -0.05) is 31.2 Å². The lowest BCUT2D eigenvalue weighted by molar-refractivity contribution is 0.118.